The second-order valence-corrected chi connectivity index (χ2v) is 6.63. The molecule has 2 aromatic carbocycles. The van der Waals surface area contributed by atoms with Gasteiger partial charge in [0.25, 0.3) is 5.95 Å². The van der Waals surface area contributed by atoms with E-state index in [4.69, 9.17) is 4.74 Å². The second kappa shape index (κ2) is 8.60. The molecule has 1 heterocycles. The number of hydrogen-bond acceptors (Lipinski definition) is 9. The zero-order valence-corrected chi connectivity index (χ0v) is 16.8. The Kier molecular flexibility index (Phi) is 5.95. The highest BCUT2D eigenvalue weighted by molar-refractivity contribution is 5.87. The molecular weight excluding hydrogens is 391 g/mol. The zero-order chi connectivity index (χ0) is 21.8. The second-order valence-electron chi connectivity index (χ2n) is 6.63. The highest BCUT2D eigenvalue weighted by Crippen LogP contribution is 2.28. The number of anilines is 1. The van der Waals surface area contributed by atoms with Crippen molar-refractivity contribution < 1.29 is 19.0 Å². The maximum Gasteiger partial charge on any atom is 0.382 e. The van der Waals surface area contributed by atoms with E-state index >= 15 is 0 Å². The number of phenolic OH excluding ortho intramolecular Hbond substituents is 1. The number of aromatic nitrogens is 3. The Bertz CT molecular complexity index is 1090. The molecule has 0 fully saturated rings. The molecule has 0 aliphatic heterocycles. The van der Waals surface area contributed by atoms with E-state index in [0.29, 0.717) is 16.8 Å². The molecule has 0 atom stereocenters. The van der Waals surface area contributed by atoms with Crippen molar-refractivity contribution in [3.63, 3.8) is 0 Å². The van der Waals surface area contributed by atoms with Crippen LogP contribution >= 0.6 is 0 Å². The Labute approximate surface area is 171 Å². The van der Waals surface area contributed by atoms with E-state index in [9.17, 15) is 14.3 Å². The number of halogens is 1. The number of benzene rings is 2. The Balaban J connectivity index is 1.90. The molecule has 0 aliphatic carbocycles. The molecule has 0 amide bonds. The summed E-state index contributed by atoms with van der Waals surface area (Å²) in [7, 11) is 3.38. The van der Waals surface area contributed by atoms with Gasteiger partial charge in [-0.3, -0.25) is 0 Å². The van der Waals surface area contributed by atoms with E-state index in [1.165, 1.54) is 24.3 Å². The molecule has 1 N–H and O–H groups in total. The SMILES string of the molecule is Cc1cc(/N=N/c2nc(C(=O)Oc3ccc(F)cc3)nc(N(C)C)n2)cc(C)c1O. The largest absolute Gasteiger partial charge is 0.507 e. The fourth-order valence-corrected chi connectivity index (χ4v) is 2.44. The van der Waals surface area contributed by atoms with Crippen molar-refractivity contribution in [3.05, 3.63) is 59.2 Å². The quantitative estimate of drug-likeness (QED) is 0.384. The Morgan fingerprint density at radius 2 is 1.67 bits per heavy atom. The van der Waals surface area contributed by atoms with Crippen LogP contribution in [-0.2, 0) is 0 Å². The maximum absolute atomic E-state index is 13.0. The number of carbonyl (C=O) groups is 1. The van der Waals surface area contributed by atoms with Gasteiger partial charge in [0, 0.05) is 14.1 Å². The van der Waals surface area contributed by atoms with Crippen LogP contribution in [0.15, 0.2) is 46.6 Å². The molecule has 30 heavy (non-hydrogen) atoms. The Morgan fingerprint density at radius 3 is 2.27 bits per heavy atom. The predicted octanol–water partition coefficient (Wildman–Crippen LogP) is 4.03. The highest BCUT2D eigenvalue weighted by atomic mass is 19.1. The molecule has 0 unspecified atom stereocenters. The van der Waals surface area contributed by atoms with Gasteiger partial charge in [-0.25, -0.2) is 9.18 Å². The number of hydrogen-bond donors (Lipinski definition) is 1. The summed E-state index contributed by atoms with van der Waals surface area (Å²) >= 11 is 0. The molecule has 0 aliphatic rings. The summed E-state index contributed by atoms with van der Waals surface area (Å²) in [5, 5.41) is 17.9. The van der Waals surface area contributed by atoms with Crippen molar-refractivity contribution in [1.82, 2.24) is 15.0 Å². The number of azo groups is 1. The van der Waals surface area contributed by atoms with Crippen LogP contribution in [-0.4, -0.2) is 40.1 Å². The van der Waals surface area contributed by atoms with Gasteiger partial charge in [0.1, 0.15) is 17.3 Å². The smallest absolute Gasteiger partial charge is 0.382 e. The number of nitrogens with zero attached hydrogens (tertiary/aromatic N) is 6. The van der Waals surface area contributed by atoms with Crippen LogP contribution in [0.5, 0.6) is 11.5 Å². The van der Waals surface area contributed by atoms with E-state index < -0.39 is 11.8 Å². The third-order valence-electron chi connectivity index (χ3n) is 3.95. The molecule has 10 heteroatoms. The summed E-state index contributed by atoms with van der Waals surface area (Å²) in [5.41, 5.74) is 1.79. The lowest BCUT2D eigenvalue weighted by atomic mass is 10.1. The monoisotopic (exact) mass is 410 g/mol. The highest BCUT2D eigenvalue weighted by Gasteiger charge is 2.17. The van der Waals surface area contributed by atoms with Gasteiger partial charge in [-0.2, -0.15) is 15.0 Å². The molecule has 0 saturated carbocycles. The number of carbonyl (C=O) groups excluding carboxylic acids is 1. The average Bonchev–Trinajstić information content (AvgIpc) is 2.71. The lowest BCUT2D eigenvalue weighted by Crippen LogP contribution is -2.19. The number of aromatic hydroxyl groups is 1. The van der Waals surface area contributed by atoms with Gasteiger partial charge in [-0.1, -0.05) is 0 Å². The topological polar surface area (TPSA) is 113 Å². The minimum atomic E-state index is -0.847. The summed E-state index contributed by atoms with van der Waals surface area (Å²) < 4.78 is 18.2. The van der Waals surface area contributed by atoms with Gasteiger partial charge in [0.15, 0.2) is 0 Å². The molecule has 154 valence electrons. The fraction of sp³-hybridized carbons (Fsp3) is 0.200. The number of rotatable bonds is 5. The first-order chi connectivity index (χ1) is 14.2. The third kappa shape index (κ3) is 4.90. The lowest BCUT2D eigenvalue weighted by molar-refractivity contribution is 0.0721. The summed E-state index contributed by atoms with van der Waals surface area (Å²) in [6, 6.07) is 8.28. The summed E-state index contributed by atoms with van der Waals surface area (Å²) in [6.45, 7) is 3.50. The summed E-state index contributed by atoms with van der Waals surface area (Å²) in [4.78, 5) is 26.2. The molecular formula is C20H19FN6O3. The number of esters is 1. The maximum atomic E-state index is 13.0. The minimum Gasteiger partial charge on any atom is -0.507 e. The van der Waals surface area contributed by atoms with Crippen molar-refractivity contribution in [1.29, 1.82) is 0 Å². The van der Waals surface area contributed by atoms with Gasteiger partial charge < -0.3 is 14.7 Å². The van der Waals surface area contributed by atoms with Crippen molar-refractivity contribution in [2.75, 3.05) is 19.0 Å². The third-order valence-corrected chi connectivity index (χ3v) is 3.95. The van der Waals surface area contributed by atoms with Crippen LogP contribution in [0, 0.1) is 19.7 Å². The van der Waals surface area contributed by atoms with E-state index in [1.54, 1.807) is 45.0 Å². The Morgan fingerprint density at radius 1 is 1.03 bits per heavy atom. The molecule has 0 bridgehead atoms. The first-order valence-electron chi connectivity index (χ1n) is 8.86. The molecule has 1 aromatic heterocycles. The molecule has 0 spiro atoms. The van der Waals surface area contributed by atoms with E-state index in [1.807, 2.05) is 0 Å². The summed E-state index contributed by atoms with van der Waals surface area (Å²) in [6.07, 6.45) is 0. The number of ether oxygens (including phenoxy) is 1. The van der Waals surface area contributed by atoms with Crippen LogP contribution in [0.3, 0.4) is 0 Å². The standard InChI is InChI=1S/C20H19FN6O3/c1-11-9-14(10-12(2)16(11)28)25-26-19-22-17(23-20(24-19)27(3)4)18(29)30-15-7-5-13(21)6-8-15/h5-10,28H,1-4H3/b26-25+. The molecule has 0 radical (unpaired) electrons. The summed E-state index contributed by atoms with van der Waals surface area (Å²) in [5.74, 6) is -1.15. The first-order valence-corrected chi connectivity index (χ1v) is 8.86. The van der Waals surface area contributed by atoms with E-state index in [-0.39, 0.29) is 29.2 Å². The van der Waals surface area contributed by atoms with E-state index in [0.717, 1.165) is 0 Å². The molecule has 3 aromatic rings. The lowest BCUT2D eigenvalue weighted by Gasteiger charge is -2.11. The van der Waals surface area contributed by atoms with Crippen molar-refractivity contribution in [2.45, 2.75) is 13.8 Å². The number of aryl methyl sites for hydroxylation is 2. The fourth-order valence-electron chi connectivity index (χ4n) is 2.44. The van der Waals surface area contributed by atoms with Gasteiger partial charge in [0.2, 0.25) is 11.8 Å². The van der Waals surface area contributed by atoms with Crippen LogP contribution in [0.25, 0.3) is 0 Å². The predicted molar refractivity (Wildman–Crippen MR) is 107 cm³/mol. The average molecular weight is 410 g/mol. The van der Waals surface area contributed by atoms with Gasteiger partial charge in [-0.15, -0.1) is 10.2 Å². The zero-order valence-electron chi connectivity index (χ0n) is 16.8. The van der Waals surface area contributed by atoms with Crippen LogP contribution < -0.4 is 9.64 Å². The van der Waals surface area contributed by atoms with Crippen LogP contribution in [0.1, 0.15) is 21.7 Å². The minimum absolute atomic E-state index is 0.0943. The Hall–Kier alpha value is -3.95. The normalized spacial score (nSPS) is 11.0. The van der Waals surface area contributed by atoms with Crippen LogP contribution in [0.2, 0.25) is 0 Å². The van der Waals surface area contributed by atoms with Gasteiger partial charge in [-0.05, 0) is 61.4 Å². The van der Waals surface area contributed by atoms with Crippen LogP contribution in [0.4, 0.5) is 22.0 Å². The van der Waals surface area contributed by atoms with Gasteiger partial charge >= 0.3 is 5.97 Å². The molecule has 9 nitrogen and oxygen atoms in total. The first kappa shape index (κ1) is 20.8. The molecule has 0 saturated heterocycles. The molecule has 3 rings (SSSR count). The van der Waals surface area contributed by atoms with Crippen molar-refractivity contribution in [3.8, 4) is 11.5 Å². The van der Waals surface area contributed by atoms with Crippen molar-refractivity contribution >= 4 is 23.6 Å². The number of phenols is 1. The van der Waals surface area contributed by atoms with Crippen molar-refractivity contribution in [2.24, 2.45) is 10.2 Å². The van der Waals surface area contributed by atoms with E-state index in [2.05, 4.69) is 25.2 Å². The van der Waals surface area contributed by atoms with Gasteiger partial charge in [0.05, 0.1) is 5.69 Å².